The number of anilines is 2. The molecule has 6 aromatic rings. The number of amides is 3. The van der Waals surface area contributed by atoms with E-state index in [9.17, 15) is 14.4 Å². The normalized spacial score (nSPS) is 11.3. The summed E-state index contributed by atoms with van der Waals surface area (Å²) in [6.45, 7) is 1.99. The second-order valence-electron chi connectivity index (χ2n) is 10.3. The van der Waals surface area contributed by atoms with Crippen LogP contribution in [0.3, 0.4) is 0 Å². The van der Waals surface area contributed by atoms with Crippen molar-refractivity contribution in [1.82, 2.24) is 15.3 Å². The molecule has 0 fully saturated rings. The van der Waals surface area contributed by atoms with Crippen molar-refractivity contribution in [2.24, 2.45) is 0 Å². The molecule has 46 heavy (non-hydrogen) atoms. The van der Waals surface area contributed by atoms with Gasteiger partial charge in [0.1, 0.15) is 5.70 Å². The molecule has 0 aliphatic rings. The number of nitrogens with one attached hydrogen (secondary N) is 4. The standard InChI is InChI=1S/C36H29N5O3S2/c1-23-33(24-10-4-2-5-11-24)41-36(46-23)40-32(42)22-45-28-18-16-27(17-19-28)38-35(44)31(39-34(43)25-12-6-3-7-13-25)20-26-21-37-30-15-9-8-14-29(26)30/h2-21,37H,22H2,1H3,(H,38,44)(H,39,43)(H,40,41,42). The maximum absolute atomic E-state index is 13.5. The van der Waals surface area contributed by atoms with Crippen LogP contribution in [0.15, 0.2) is 126 Å². The predicted octanol–water partition coefficient (Wildman–Crippen LogP) is 7.74. The number of H-pyrrole nitrogens is 1. The highest BCUT2D eigenvalue weighted by Gasteiger charge is 2.17. The third-order valence-electron chi connectivity index (χ3n) is 7.02. The van der Waals surface area contributed by atoms with Crippen LogP contribution >= 0.6 is 23.1 Å². The molecule has 8 nitrogen and oxygen atoms in total. The van der Waals surface area contributed by atoms with Gasteiger partial charge >= 0.3 is 0 Å². The molecular weight excluding hydrogens is 615 g/mol. The molecule has 228 valence electrons. The maximum atomic E-state index is 13.5. The highest BCUT2D eigenvalue weighted by molar-refractivity contribution is 8.00. The molecule has 4 N–H and O–H groups in total. The Morgan fingerprint density at radius 3 is 2.30 bits per heavy atom. The van der Waals surface area contributed by atoms with Gasteiger partial charge in [-0.2, -0.15) is 0 Å². The fourth-order valence-electron chi connectivity index (χ4n) is 4.76. The zero-order valence-electron chi connectivity index (χ0n) is 24.7. The molecule has 10 heteroatoms. The summed E-state index contributed by atoms with van der Waals surface area (Å²) in [5, 5.41) is 10.0. The molecule has 2 aromatic heterocycles. The van der Waals surface area contributed by atoms with Crippen LogP contribution in [0.25, 0.3) is 28.2 Å². The molecular formula is C36H29N5O3S2. The van der Waals surface area contributed by atoms with Gasteiger partial charge in [0.05, 0.1) is 11.4 Å². The molecule has 0 saturated carbocycles. The van der Waals surface area contributed by atoms with E-state index >= 15 is 0 Å². The monoisotopic (exact) mass is 643 g/mol. The molecule has 3 amide bonds. The Morgan fingerprint density at radius 1 is 0.848 bits per heavy atom. The number of aromatic nitrogens is 2. The fraction of sp³-hybridized carbons (Fsp3) is 0.0556. The third-order valence-corrected chi connectivity index (χ3v) is 8.92. The van der Waals surface area contributed by atoms with E-state index in [0.29, 0.717) is 16.4 Å². The summed E-state index contributed by atoms with van der Waals surface area (Å²) in [5.41, 5.74) is 4.65. The predicted molar refractivity (Wildman–Crippen MR) is 187 cm³/mol. The summed E-state index contributed by atoms with van der Waals surface area (Å²) in [4.78, 5) is 48.8. The molecule has 0 saturated heterocycles. The first kappa shape index (κ1) is 30.6. The Morgan fingerprint density at radius 2 is 1.54 bits per heavy atom. The van der Waals surface area contributed by atoms with Gasteiger partial charge in [-0.15, -0.1) is 23.1 Å². The summed E-state index contributed by atoms with van der Waals surface area (Å²) < 4.78 is 0. The number of fused-ring (bicyclic) bond motifs is 1. The van der Waals surface area contributed by atoms with Crippen LogP contribution < -0.4 is 16.0 Å². The maximum Gasteiger partial charge on any atom is 0.272 e. The van der Waals surface area contributed by atoms with Gasteiger partial charge in [0.25, 0.3) is 11.8 Å². The number of rotatable bonds is 10. The first-order valence-corrected chi connectivity index (χ1v) is 16.2. The zero-order chi connectivity index (χ0) is 31.9. The minimum Gasteiger partial charge on any atom is -0.361 e. The number of nitrogens with zero attached hydrogens (tertiary/aromatic N) is 1. The van der Waals surface area contributed by atoms with Crippen molar-refractivity contribution in [2.75, 3.05) is 16.4 Å². The van der Waals surface area contributed by atoms with Crippen molar-refractivity contribution in [3.63, 3.8) is 0 Å². The van der Waals surface area contributed by atoms with Crippen LogP contribution in [-0.4, -0.2) is 33.4 Å². The third kappa shape index (κ3) is 7.43. The highest BCUT2D eigenvalue weighted by atomic mass is 32.2. The van der Waals surface area contributed by atoms with Crippen molar-refractivity contribution in [2.45, 2.75) is 11.8 Å². The molecule has 0 atom stereocenters. The van der Waals surface area contributed by atoms with Crippen molar-refractivity contribution >= 4 is 68.6 Å². The van der Waals surface area contributed by atoms with E-state index in [2.05, 4.69) is 25.9 Å². The first-order valence-electron chi connectivity index (χ1n) is 14.4. The summed E-state index contributed by atoms with van der Waals surface area (Å²) >= 11 is 2.83. The summed E-state index contributed by atoms with van der Waals surface area (Å²) in [6, 6.07) is 33.5. The van der Waals surface area contributed by atoms with Gasteiger partial charge in [-0.25, -0.2) is 4.98 Å². The average molecular weight is 644 g/mol. The molecule has 0 aliphatic heterocycles. The van der Waals surface area contributed by atoms with E-state index in [1.165, 1.54) is 23.1 Å². The van der Waals surface area contributed by atoms with Crippen LogP contribution in [0, 0.1) is 6.92 Å². The van der Waals surface area contributed by atoms with Crippen molar-refractivity contribution < 1.29 is 14.4 Å². The average Bonchev–Trinajstić information content (AvgIpc) is 3.67. The molecule has 0 unspecified atom stereocenters. The largest absolute Gasteiger partial charge is 0.361 e. The van der Waals surface area contributed by atoms with E-state index in [1.807, 2.05) is 79.7 Å². The van der Waals surface area contributed by atoms with Gasteiger partial charge in [-0.05, 0) is 55.5 Å². The number of hydrogen-bond donors (Lipinski definition) is 4. The number of hydrogen-bond acceptors (Lipinski definition) is 6. The van der Waals surface area contributed by atoms with E-state index < -0.39 is 11.8 Å². The van der Waals surface area contributed by atoms with E-state index in [0.717, 1.165) is 37.5 Å². The lowest BCUT2D eigenvalue weighted by molar-refractivity contribution is -0.114. The lowest BCUT2D eigenvalue weighted by Gasteiger charge is -2.12. The van der Waals surface area contributed by atoms with Crippen molar-refractivity contribution in [3.05, 3.63) is 137 Å². The quantitative estimate of drug-likeness (QED) is 0.0901. The van der Waals surface area contributed by atoms with Gasteiger partial charge in [0.15, 0.2) is 5.13 Å². The van der Waals surface area contributed by atoms with E-state index in [1.54, 1.807) is 48.7 Å². The van der Waals surface area contributed by atoms with Crippen LogP contribution in [0.1, 0.15) is 20.8 Å². The molecule has 6 rings (SSSR count). The number of para-hydroxylation sites is 1. The second kappa shape index (κ2) is 14.1. The Balaban J connectivity index is 1.10. The number of carbonyl (C=O) groups excluding carboxylic acids is 3. The topological polar surface area (TPSA) is 116 Å². The highest BCUT2D eigenvalue weighted by Crippen LogP contribution is 2.30. The number of carbonyl (C=O) groups is 3. The van der Waals surface area contributed by atoms with Crippen LogP contribution in [0.5, 0.6) is 0 Å². The minimum absolute atomic E-state index is 0.0987. The molecule has 0 bridgehead atoms. The Hall–Kier alpha value is -5.45. The van der Waals surface area contributed by atoms with Crippen LogP contribution in [0.4, 0.5) is 10.8 Å². The summed E-state index contributed by atoms with van der Waals surface area (Å²) in [7, 11) is 0. The molecule has 0 radical (unpaired) electrons. The van der Waals surface area contributed by atoms with Crippen molar-refractivity contribution in [1.29, 1.82) is 0 Å². The van der Waals surface area contributed by atoms with Gasteiger partial charge in [0.2, 0.25) is 5.91 Å². The van der Waals surface area contributed by atoms with Crippen LogP contribution in [-0.2, 0) is 9.59 Å². The van der Waals surface area contributed by atoms with Gasteiger partial charge in [-0.3, -0.25) is 14.4 Å². The smallest absolute Gasteiger partial charge is 0.272 e. The van der Waals surface area contributed by atoms with Gasteiger partial charge < -0.3 is 20.9 Å². The first-order chi connectivity index (χ1) is 22.4. The number of benzene rings is 4. The van der Waals surface area contributed by atoms with E-state index in [-0.39, 0.29) is 17.4 Å². The Labute approximate surface area is 274 Å². The zero-order valence-corrected chi connectivity index (χ0v) is 26.4. The molecule has 4 aromatic carbocycles. The number of aromatic amines is 1. The van der Waals surface area contributed by atoms with Crippen LogP contribution in [0.2, 0.25) is 0 Å². The Kier molecular flexibility index (Phi) is 9.37. The molecule has 0 spiro atoms. The lowest BCUT2D eigenvalue weighted by atomic mass is 10.1. The summed E-state index contributed by atoms with van der Waals surface area (Å²) in [6.07, 6.45) is 3.46. The van der Waals surface area contributed by atoms with Crippen molar-refractivity contribution in [3.8, 4) is 11.3 Å². The Bertz CT molecular complexity index is 2040. The summed E-state index contributed by atoms with van der Waals surface area (Å²) in [5.74, 6) is -0.815. The molecule has 0 aliphatic carbocycles. The number of aryl methyl sites for hydroxylation is 1. The fourth-order valence-corrected chi connectivity index (χ4v) is 6.31. The van der Waals surface area contributed by atoms with E-state index in [4.69, 9.17) is 0 Å². The second-order valence-corrected chi connectivity index (χ2v) is 12.5. The lowest BCUT2D eigenvalue weighted by Crippen LogP contribution is -2.30. The van der Waals surface area contributed by atoms with Gasteiger partial charge in [0, 0.05) is 49.3 Å². The minimum atomic E-state index is -0.469. The van der Waals surface area contributed by atoms with Gasteiger partial charge in [-0.1, -0.05) is 66.7 Å². The molecule has 2 heterocycles. The SMILES string of the molecule is Cc1sc(NC(=O)CSc2ccc(NC(=O)C(=Cc3c[nH]c4ccccc34)NC(=O)c3ccccc3)cc2)nc1-c1ccccc1. The number of thiazole rings is 1. The number of thioether (sulfide) groups is 1.